The van der Waals surface area contributed by atoms with E-state index >= 15 is 0 Å². The van der Waals surface area contributed by atoms with Gasteiger partial charge < -0.3 is 4.90 Å². The van der Waals surface area contributed by atoms with Crippen LogP contribution in [0, 0.1) is 6.92 Å². The van der Waals surface area contributed by atoms with Crippen LogP contribution in [0.25, 0.3) is 11.0 Å². The smallest absolute Gasteiger partial charge is 0.246 e. The molecular weight excluding hydrogens is 330 g/mol. The number of halogens is 1. The summed E-state index contributed by atoms with van der Waals surface area (Å²) in [4.78, 5) is 19.0. The van der Waals surface area contributed by atoms with Crippen molar-refractivity contribution in [1.82, 2.24) is 14.3 Å². The number of hydrogen-bond acceptors (Lipinski definition) is 3. The molecule has 6 heteroatoms. The molecule has 0 aliphatic heterocycles. The number of likely N-dealkylation sites (N-methyl/N-ethyl adjacent to an activating group) is 1. The first kappa shape index (κ1) is 15.8. The van der Waals surface area contributed by atoms with E-state index in [2.05, 4.69) is 4.98 Å². The van der Waals surface area contributed by atoms with E-state index in [9.17, 15) is 4.79 Å². The Morgan fingerprint density at radius 1 is 1.43 bits per heavy atom. The third-order valence-electron chi connectivity index (χ3n) is 3.68. The maximum absolute atomic E-state index is 12.3. The molecule has 1 amide bonds. The van der Waals surface area contributed by atoms with Gasteiger partial charge in [0.25, 0.3) is 0 Å². The lowest BCUT2D eigenvalue weighted by atomic mass is 10.1. The molecule has 0 spiro atoms. The highest BCUT2D eigenvalue weighted by molar-refractivity contribution is 7.15. The SMILES string of the molecule is Cc1ccccc1CN(C)C(=O)/C=C/c1c(Cl)nc2sccn12. The van der Waals surface area contributed by atoms with E-state index in [0.29, 0.717) is 11.7 Å². The zero-order valence-corrected chi connectivity index (χ0v) is 14.4. The second kappa shape index (κ2) is 6.56. The maximum Gasteiger partial charge on any atom is 0.246 e. The van der Waals surface area contributed by atoms with E-state index in [4.69, 9.17) is 11.6 Å². The molecule has 0 aliphatic rings. The molecule has 0 radical (unpaired) electrons. The molecular formula is C17H16ClN3OS. The summed E-state index contributed by atoms with van der Waals surface area (Å²) in [7, 11) is 1.79. The highest BCUT2D eigenvalue weighted by atomic mass is 35.5. The predicted octanol–water partition coefficient (Wildman–Crippen LogP) is 4.03. The molecule has 2 heterocycles. The molecule has 0 unspecified atom stereocenters. The van der Waals surface area contributed by atoms with Crippen molar-refractivity contribution in [2.45, 2.75) is 13.5 Å². The zero-order chi connectivity index (χ0) is 16.4. The topological polar surface area (TPSA) is 37.6 Å². The number of hydrogen-bond donors (Lipinski definition) is 0. The Morgan fingerprint density at radius 3 is 3.00 bits per heavy atom. The summed E-state index contributed by atoms with van der Waals surface area (Å²) in [6, 6.07) is 8.05. The number of aromatic nitrogens is 2. The molecule has 118 valence electrons. The number of rotatable bonds is 4. The fourth-order valence-electron chi connectivity index (χ4n) is 2.32. The molecule has 2 aromatic heterocycles. The molecule has 4 nitrogen and oxygen atoms in total. The molecule has 0 saturated carbocycles. The summed E-state index contributed by atoms with van der Waals surface area (Å²) < 4.78 is 1.87. The van der Waals surface area contributed by atoms with E-state index in [-0.39, 0.29) is 5.91 Å². The van der Waals surface area contributed by atoms with Crippen molar-refractivity contribution >= 4 is 39.9 Å². The van der Waals surface area contributed by atoms with Crippen LogP contribution in [0.15, 0.2) is 41.9 Å². The number of carbonyl (C=O) groups excluding carboxylic acids is 1. The predicted molar refractivity (Wildman–Crippen MR) is 94.8 cm³/mol. The van der Waals surface area contributed by atoms with E-state index < -0.39 is 0 Å². The van der Waals surface area contributed by atoms with Crippen molar-refractivity contribution in [3.8, 4) is 0 Å². The largest absolute Gasteiger partial charge is 0.338 e. The van der Waals surface area contributed by atoms with Crippen LogP contribution >= 0.6 is 22.9 Å². The van der Waals surface area contributed by atoms with Crippen molar-refractivity contribution in [3.05, 3.63) is 63.9 Å². The van der Waals surface area contributed by atoms with Gasteiger partial charge in [-0.1, -0.05) is 35.9 Å². The number of carbonyl (C=O) groups is 1. The molecule has 0 N–H and O–H groups in total. The summed E-state index contributed by atoms with van der Waals surface area (Å²) in [5, 5.41) is 2.34. The maximum atomic E-state index is 12.3. The summed E-state index contributed by atoms with van der Waals surface area (Å²) in [5.41, 5.74) is 3.04. The molecule has 23 heavy (non-hydrogen) atoms. The summed E-state index contributed by atoms with van der Waals surface area (Å²) in [5.74, 6) is -0.0745. The standard InChI is InChI=1S/C17H16ClN3OS/c1-12-5-3-4-6-13(12)11-20(2)15(22)8-7-14-16(18)19-17-21(14)9-10-23-17/h3-10H,11H2,1-2H3/b8-7+. The van der Waals surface area contributed by atoms with E-state index in [1.165, 1.54) is 23.0 Å². The van der Waals surface area contributed by atoms with E-state index in [1.54, 1.807) is 18.0 Å². The average molecular weight is 346 g/mol. The van der Waals surface area contributed by atoms with Crippen LogP contribution in [0.3, 0.4) is 0 Å². The fraction of sp³-hybridized carbons (Fsp3) is 0.176. The Hall–Kier alpha value is -2.11. The average Bonchev–Trinajstić information content (AvgIpc) is 3.08. The van der Waals surface area contributed by atoms with Crippen LogP contribution in [-0.2, 0) is 11.3 Å². The van der Waals surface area contributed by atoms with E-state index in [0.717, 1.165) is 16.2 Å². The number of aryl methyl sites for hydroxylation is 1. The molecule has 0 saturated heterocycles. The third kappa shape index (κ3) is 3.30. The summed E-state index contributed by atoms with van der Waals surface area (Å²) in [6.07, 6.45) is 5.14. The third-order valence-corrected chi connectivity index (χ3v) is 4.72. The first-order valence-electron chi connectivity index (χ1n) is 7.15. The van der Waals surface area contributed by atoms with Gasteiger partial charge in [-0.15, -0.1) is 11.3 Å². The molecule has 1 aromatic carbocycles. The quantitative estimate of drug-likeness (QED) is 0.669. The van der Waals surface area contributed by atoms with Crippen LogP contribution in [0.2, 0.25) is 5.15 Å². The minimum Gasteiger partial charge on any atom is -0.338 e. The Kier molecular flexibility index (Phi) is 4.50. The van der Waals surface area contributed by atoms with Crippen LogP contribution in [-0.4, -0.2) is 27.2 Å². The number of benzene rings is 1. The molecule has 0 bridgehead atoms. The van der Waals surface area contributed by atoms with Gasteiger partial charge in [0.15, 0.2) is 10.1 Å². The minimum absolute atomic E-state index is 0.0745. The first-order valence-corrected chi connectivity index (χ1v) is 8.41. The number of amides is 1. The highest BCUT2D eigenvalue weighted by Gasteiger charge is 2.11. The van der Waals surface area contributed by atoms with Crippen molar-refractivity contribution in [2.75, 3.05) is 7.05 Å². The van der Waals surface area contributed by atoms with Gasteiger partial charge in [0.2, 0.25) is 5.91 Å². The summed E-state index contributed by atoms with van der Waals surface area (Å²) >= 11 is 7.63. The number of nitrogens with zero attached hydrogens (tertiary/aromatic N) is 3. The Morgan fingerprint density at radius 2 is 2.22 bits per heavy atom. The normalized spacial score (nSPS) is 11.4. The lowest BCUT2D eigenvalue weighted by Crippen LogP contribution is -2.24. The monoisotopic (exact) mass is 345 g/mol. The Labute approximate surface area is 143 Å². The van der Waals surface area contributed by atoms with Crippen LogP contribution < -0.4 is 0 Å². The lowest BCUT2D eigenvalue weighted by molar-refractivity contribution is -0.125. The van der Waals surface area contributed by atoms with Gasteiger partial charge in [0.05, 0.1) is 5.69 Å². The second-order valence-corrected chi connectivity index (χ2v) is 6.53. The van der Waals surface area contributed by atoms with Crippen molar-refractivity contribution in [3.63, 3.8) is 0 Å². The second-order valence-electron chi connectivity index (χ2n) is 5.30. The van der Waals surface area contributed by atoms with Crippen LogP contribution in [0.4, 0.5) is 0 Å². The van der Waals surface area contributed by atoms with Gasteiger partial charge in [-0.2, -0.15) is 0 Å². The molecule has 0 fully saturated rings. The zero-order valence-electron chi connectivity index (χ0n) is 12.9. The van der Waals surface area contributed by atoms with Gasteiger partial charge in [-0.25, -0.2) is 4.98 Å². The van der Waals surface area contributed by atoms with Crippen molar-refractivity contribution in [1.29, 1.82) is 0 Å². The Bertz CT molecular complexity index is 881. The molecule has 3 rings (SSSR count). The lowest BCUT2D eigenvalue weighted by Gasteiger charge is -2.16. The van der Waals surface area contributed by atoms with Gasteiger partial charge in [-0.3, -0.25) is 9.20 Å². The molecule has 0 aliphatic carbocycles. The van der Waals surface area contributed by atoms with Gasteiger partial charge >= 0.3 is 0 Å². The highest BCUT2D eigenvalue weighted by Crippen LogP contribution is 2.22. The number of thiazole rings is 1. The van der Waals surface area contributed by atoms with Gasteiger partial charge in [0.1, 0.15) is 0 Å². The molecule has 0 atom stereocenters. The number of imidazole rings is 1. The Balaban J connectivity index is 1.74. The summed E-state index contributed by atoms with van der Waals surface area (Å²) in [6.45, 7) is 2.62. The van der Waals surface area contributed by atoms with Crippen LogP contribution in [0.1, 0.15) is 16.8 Å². The minimum atomic E-state index is -0.0745. The molecule has 3 aromatic rings. The number of fused-ring (bicyclic) bond motifs is 1. The van der Waals surface area contributed by atoms with Crippen molar-refractivity contribution < 1.29 is 4.79 Å². The van der Waals surface area contributed by atoms with E-state index in [1.807, 2.05) is 47.2 Å². The van der Waals surface area contributed by atoms with Crippen LogP contribution in [0.5, 0.6) is 0 Å². The van der Waals surface area contributed by atoms with Crippen molar-refractivity contribution in [2.24, 2.45) is 0 Å². The van der Waals surface area contributed by atoms with Gasteiger partial charge in [0, 0.05) is 31.2 Å². The first-order chi connectivity index (χ1) is 11.1. The fourth-order valence-corrected chi connectivity index (χ4v) is 3.33. The van der Waals surface area contributed by atoms with Gasteiger partial charge in [-0.05, 0) is 24.1 Å².